The lowest BCUT2D eigenvalue weighted by Crippen LogP contribution is -2.47. The van der Waals surface area contributed by atoms with Crippen molar-refractivity contribution >= 4 is 11.6 Å². The molecule has 1 saturated carbocycles. The van der Waals surface area contributed by atoms with Crippen molar-refractivity contribution in [2.45, 2.75) is 38.2 Å². The average molecular weight is 322 g/mol. The lowest BCUT2D eigenvalue weighted by Gasteiger charge is -2.36. The third-order valence-electron chi connectivity index (χ3n) is 4.90. The van der Waals surface area contributed by atoms with E-state index in [0.717, 1.165) is 18.4 Å². The number of carbonyl (C=O) groups is 2. The van der Waals surface area contributed by atoms with Gasteiger partial charge in [0.15, 0.2) is 11.4 Å². The standard InChI is InChI=1S/C21H22O3/c1-15-8-7-9-16(14-15)20(23)21(24,17-10-3-2-4-11-17)18-12-5-6-13-19(18)22/h2-4,7-11,14,18,24H,5-6,12-13H2,1H3/t18-,21+/m0/s1. The van der Waals surface area contributed by atoms with E-state index in [1.807, 2.05) is 19.1 Å². The summed E-state index contributed by atoms with van der Waals surface area (Å²) in [5, 5.41) is 11.5. The van der Waals surface area contributed by atoms with Crippen LogP contribution in [0, 0.1) is 12.8 Å². The predicted molar refractivity (Wildman–Crippen MR) is 92.8 cm³/mol. The minimum Gasteiger partial charge on any atom is -0.376 e. The first kappa shape index (κ1) is 16.6. The number of hydrogen-bond acceptors (Lipinski definition) is 3. The summed E-state index contributed by atoms with van der Waals surface area (Å²) in [4.78, 5) is 25.8. The van der Waals surface area contributed by atoms with E-state index in [-0.39, 0.29) is 5.78 Å². The Hall–Kier alpha value is -2.26. The number of aliphatic hydroxyl groups is 1. The van der Waals surface area contributed by atoms with Gasteiger partial charge in [0.1, 0.15) is 5.78 Å². The molecule has 3 heteroatoms. The van der Waals surface area contributed by atoms with Crippen LogP contribution in [0.1, 0.15) is 47.2 Å². The third kappa shape index (κ3) is 2.92. The number of aryl methyl sites for hydroxylation is 1. The summed E-state index contributed by atoms with van der Waals surface area (Å²) in [5.41, 5.74) is 0.0924. The number of hydrogen-bond donors (Lipinski definition) is 1. The summed E-state index contributed by atoms with van der Waals surface area (Å²) in [6, 6.07) is 16.1. The van der Waals surface area contributed by atoms with Gasteiger partial charge in [0.25, 0.3) is 0 Å². The van der Waals surface area contributed by atoms with Gasteiger partial charge in [0.2, 0.25) is 0 Å². The zero-order valence-electron chi connectivity index (χ0n) is 13.9. The van der Waals surface area contributed by atoms with Gasteiger partial charge < -0.3 is 5.11 Å². The van der Waals surface area contributed by atoms with Crippen molar-refractivity contribution in [2.24, 2.45) is 5.92 Å². The molecule has 24 heavy (non-hydrogen) atoms. The number of benzene rings is 2. The Morgan fingerprint density at radius 2 is 1.83 bits per heavy atom. The van der Waals surface area contributed by atoms with Crippen LogP contribution in [0.2, 0.25) is 0 Å². The van der Waals surface area contributed by atoms with Crippen LogP contribution in [0.3, 0.4) is 0 Å². The maximum absolute atomic E-state index is 13.3. The molecule has 0 saturated heterocycles. The SMILES string of the molecule is Cc1cccc(C(=O)[C@@](O)(c2ccccc2)[C@H]2CCCCC2=O)c1. The van der Waals surface area contributed by atoms with E-state index >= 15 is 0 Å². The van der Waals surface area contributed by atoms with Crippen LogP contribution in [-0.4, -0.2) is 16.7 Å². The van der Waals surface area contributed by atoms with Crippen LogP contribution >= 0.6 is 0 Å². The molecule has 0 aliphatic heterocycles. The van der Waals surface area contributed by atoms with Gasteiger partial charge in [0.05, 0.1) is 5.92 Å². The first-order valence-corrected chi connectivity index (χ1v) is 8.45. The minimum absolute atomic E-state index is 0.0198. The van der Waals surface area contributed by atoms with Gasteiger partial charge in [-0.05, 0) is 31.4 Å². The van der Waals surface area contributed by atoms with Crippen molar-refractivity contribution in [3.63, 3.8) is 0 Å². The summed E-state index contributed by atoms with van der Waals surface area (Å²) in [6.45, 7) is 1.91. The van der Waals surface area contributed by atoms with Crippen LogP contribution < -0.4 is 0 Å². The quantitative estimate of drug-likeness (QED) is 0.871. The summed E-state index contributed by atoms with van der Waals surface area (Å²) >= 11 is 0. The molecule has 0 spiro atoms. The van der Waals surface area contributed by atoms with Crippen molar-refractivity contribution in [3.8, 4) is 0 Å². The van der Waals surface area contributed by atoms with Gasteiger partial charge in [-0.25, -0.2) is 0 Å². The number of Topliss-reactive ketones (excluding diaryl/α,β-unsaturated/α-hetero) is 2. The van der Waals surface area contributed by atoms with Gasteiger partial charge in [-0.1, -0.05) is 60.5 Å². The third-order valence-corrected chi connectivity index (χ3v) is 4.90. The molecule has 1 fully saturated rings. The van der Waals surface area contributed by atoms with Crippen LogP contribution in [-0.2, 0) is 10.4 Å². The van der Waals surface area contributed by atoms with E-state index in [4.69, 9.17) is 0 Å². The van der Waals surface area contributed by atoms with E-state index in [1.165, 1.54) is 0 Å². The summed E-state index contributed by atoms with van der Waals surface area (Å²) in [5.74, 6) is -1.09. The first-order valence-electron chi connectivity index (χ1n) is 8.45. The molecule has 3 nitrogen and oxygen atoms in total. The fraction of sp³-hybridized carbons (Fsp3) is 0.333. The molecule has 0 bridgehead atoms. The van der Waals surface area contributed by atoms with Crippen molar-refractivity contribution in [3.05, 3.63) is 71.3 Å². The molecular weight excluding hydrogens is 300 g/mol. The number of rotatable bonds is 4. The molecule has 3 rings (SSSR count). The monoisotopic (exact) mass is 322 g/mol. The van der Waals surface area contributed by atoms with Crippen LogP contribution in [0.15, 0.2) is 54.6 Å². The second kappa shape index (κ2) is 6.70. The van der Waals surface area contributed by atoms with Crippen molar-refractivity contribution in [1.29, 1.82) is 0 Å². The maximum atomic E-state index is 13.3. The fourth-order valence-corrected chi connectivity index (χ4v) is 3.61. The Bertz CT molecular complexity index is 751. The zero-order chi connectivity index (χ0) is 17.2. The molecule has 0 aromatic heterocycles. The van der Waals surface area contributed by atoms with Crippen LogP contribution in [0.25, 0.3) is 0 Å². The smallest absolute Gasteiger partial charge is 0.199 e. The normalized spacial score (nSPS) is 20.4. The summed E-state index contributed by atoms with van der Waals surface area (Å²) in [7, 11) is 0. The van der Waals surface area contributed by atoms with Crippen LogP contribution in [0.5, 0.6) is 0 Å². The van der Waals surface area contributed by atoms with E-state index in [1.54, 1.807) is 42.5 Å². The molecule has 1 aliphatic carbocycles. The molecule has 2 aromatic rings. The molecule has 2 aromatic carbocycles. The Kier molecular flexibility index (Phi) is 4.63. The highest BCUT2D eigenvalue weighted by molar-refractivity contribution is 6.06. The highest BCUT2D eigenvalue weighted by Crippen LogP contribution is 2.40. The van der Waals surface area contributed by atoms with Gasteiger partial charge in [-0.3, -0.25) is 9.59 Å². The van der Waals surface area contributed by atoms with Crippen molar-refractivity contribution < 1.29 is 14.7 Å². The Labute approximate surface area is 142 Å². The molecule has 1 N–H and O–H groups in total. The Morgan fingerprint density at radius 1 is 1.08 bits per heavy atom. The predicted octanol–water partition coefficient (Wildman–Crippen LogP) is 3.82. The summed E-state index contributed by atoms with van der Waals surface area (Å²) in [6.07, 6.45) is 2.66. The second-order valence-corrected chi connectivity index (χ2v) is 6.60. The van der Waals surface area contributed by atoms with Gasteiger partial charge >= 0.3 is 0 Å². The molecule has 1 aliphatic rings. The maximum Gasteiger partial charge on any atom is 0.199 e. The second-order valence-electron chi connectivity index (χ2n) is 6.60. The Balaban J connectivity index is 2.11. The average Bonchev–Trinajstić information content (AvgIpc) is 2.61. The van der Waals surface area contributed by atoms with E-state index in [9.17, 15) is 14.7 Å². The fourth-order valence-electron chi connectivity index (χ4n) is 3.61. The van der Waals surface area contributed by atoms with Gasteiger partial charge in [0, 0.05) is 12.0 Å². The highest BCUT2D eigenvalue weighted by atomic mass is 16.3. The molecule has 0 heterocycles. The molecular formula is C21H22O3. The first-order chi connectivity index (χ1) is 11.5. The number of ketones is 2. The van der Waals surface area contributed by atoms with Crippen LogP contribution in [0.4, 0.5) is 0 Å². The summed E-state index contributed by atoms with van der Waals surface area (Å²) < 4.78 is 0. The Morgan fingerprint density at radius 3 is 2.50 bits per heavy atom. The minimum atomic E-state index is -1.80. The number of carbonyl (C=O) groups excluding carboxylic acids is 2. The molecule has 0 radical (unpaired) electrons. The van der Waals surface area contributed by atoms with E-state index in [0.29, 0.717) is 24.0 Å². The van der Waals surface area contributed by atoms with E-state index in [2.05, 4.69) is 0 Å². The van der Waals surface area contributed by atoms with Gasteiger partial charge in [-0.2, -0.15) is 0 Å². The topological polar surface area (TPSA) is 54.4 Å². The lowest BCUT2D eigenvalue weighted by molar-refractivity contribution is -0.133. The largest absolute Gasteiger partial charge is 0.376 e. The molecule has 0 amide bonds. The van der Waals surface area contributed by atoms with Crippen molar-refractivity contribution in [2.75, 3.05) is 0 Å². The van der Waals surface area contributed by atoms with Gasteiger partial charge in [-0.15, -0.1) is 0 Å². The lowest BCUT2D eigenvalue weighted by atomic mass is 9.69. The molecule has 0 unspecified atom stereocenters. The highest BCUT2D eigenvalue weighted by Gasteiger charge is 2.49. The van der Waals surface area contributed by atoms with E-state index < -0.39 is 17.3 Å². The molecule has 124 valence electrons. The molecule has 2 atom stereocenters. The van der Waals surface area contributed by atoms with Crippen molar-refractivity contribution in [1.82, 2.24) is 0 Å². The zero-order valence-corrected chi connectivity index (χ0v) is 13.9.